The number of nitrogens with zero attached hydrogens (tertiary/aromatic N) is 4. The molecule has 1 fully saturated rings. The molecule has 4 heterocycles. The lowest BCUT2D eigenvalue weighted by atomic mass is 9.87. The summed E-state index contributed by atoms with van der Waals surface area (Å²) in [5, 5.41) is 7.82. The highest BCUT2D eigenvalue weighted by Gasteiger charge is 2.27. The van der Waals surface area contributed by atoms with Crippen LogP contribution in [0.1, 0.15) is 28.7 Å². The van der Waals surface area contributed by atoms with Crippen molar-refractivity contribution in [2.24, 2.45) is 11.7 Å². The largest absolute Gasteiger partial charge is 0.356 e. The molecule has 2 atom stereocenters. The molecule has 6 nitrogen and oxygen atoms in total. The van der Waals surface area contributed by atoms with Crippen LogP contribution in [0.5, 0.6) is 0 Å². The first kappa shape index (κ1) is 18.7. The van der Waals surface area contributed by atoms with Crippen molar-refractivity contribution >= 4 is 16.9 Å². The first-order valence-corrected chi connectivity index (χ1v) is 10.2. The maximum Gasteiger partial charge on any atom is 0.181 e. The van der Waals surface area contributed by atoms with E-state index in [2.05, 4.69) is 37.2 Å². The lowest BCUT2D eigenvalue weighted by molar-refractivity contribution is 0.354. The Morgan fingerprint density at radius 2 is 2.00 bits per heavy atom. The van der Waals surface area contributed by atoms with E-state index in [4.69, 9.17) is 5.73 Å². The number of halogens is 1. The highest BCUT2D eigenvalue weighted by molar-refractivity contribution is 5.89. The number of nitrogens with one attached hydrogen (secondary N) is 1. The molecular weight excluding hydrogens is 379 g/mol. The van der Waals surface area contributed by atoms with Crippen molar-refractivity contribution in [1.82, 2.24) is 20.2 Å². The van der Waals surface area contributed by atoms with Gasteiger partial charge < -0.3 is 10.6 Å². The summed E-state index contributed by atoms with van der Waals surface area (Å²) >= 11 is 0. The molecule has 0 bridgehead atoms. The average Bonchev–Trinajstić information content (AvgIpc) is 3.23. The Labute approximate surface area is 178 Å². The number of piperidine rings is 1. The normalized spacial score (nSPS) is 17.9. The van der Waals surface area contributed by atoms with Gasteiger partial charge in [0.05, 0.1) is 5.69 Å². The predicted molar refractivity (Wildman–Crippen MR) is 122 cm³/mol. The lowest BCUT2D eigenvalue weighted by Gasteiger charge is -2.36. The van der Waals surface area contributed by atoms with E-state index >= 15 is 0 Å². The lowest BCUT2D eigenvalue weighted by Crippen LogP contribution is -2.40. The highest BCUT2D eigenvalue weighted by atomic mass is 19.1. The monoisotopic (exact) mass is 408 g/mol. The van der Waals surface area contributed by atoms with E-state index in [1.165, 1.54) is 6.07 Å². The molecule has 158 valence electrons. The molecule has 2 unspecified atom stereocenters. The number of anilines is 1. The molecule has 1 aliphatic heterocycles. The molecule has 1 saturated heterocycles. The van der Waals surface area contributed by atoms with Gasteiger partial charge in [0.2, 0.25) is 0 Å². The molecule has 7 heteroatoms. The summed E-state index contributed by atoms with van der Waals surface area (Å²) in [6.45, 7) is 1.67. The van der Waals surface area contributed by atoms with E-state index in [0.29, 0.717) is 17.3 Å². The van der Waals surface area contributed by atoms with Gasteiger partial charge in [-0.1, -0.05) is 30.3 Å². The van der Waals surface area contributed by atoms with E-state index in [0.717, 1.165) is 42.7 Å². The Morgan fingerprint density at radius 3 is 2.87 bits per heavy atom. The van der Waals surface area contributed by atoms with Gasteiger partial charge in [-0.25, -0.2) is 14.4 Å². The van der Waals surface area contributed by atoms with Gasteiger partial charge in [0.1, 0.15) is 11.5 Å². The maximum absolute atomic E-state index is 14.7. The number of rotatable bonds is 4. The SMILES string of the molecule is NC(c1ccccc1)C1CCCN(c2ccc(F)c(-c3[nH]nc4ncccc34)n2)C1.[HH].[HH].[HH]. The van der Waals surface area contributed by atoms with Crippen LogP contribution in [0.25, 0.3) is 22.4 Å². The van der Waals surface area contributed by atoms with Gasteiger partial charge in [-0.15, -0.1) is 0 Å². The number of nitrogens with two attached hydrogens (primary N) is 1. The van der Waals surface area contributed by atoms with E-state index < -0.39 is 0 Å². The predicted octanol–water partition coefficient (Wildman–Crippen LogP) is 4.81. The molecule has 4 aromatic rings. The Bertz CT molecular complexity index is 1170. The molecule has 0 amide bonds. The molecule has 1 aromatic carbocycles. The molecule has 1 aliphatic rings. The Hall–Kier alpha value is -3.32. The van der Waals surface area contributed by atoms with Crippen molar-refractivity contribution in [3.63, 3.8) is 0 Å². The standard InChI is InChI=1S/C23H23FN6.3H2/c24-18-10-11-19(27-22(18)21-17-9-4-12-26-23(17)29-28-21)30-13-5-8-16(14-30)20(25)15-6-2-1-3-7-15;;;/h1-4,6-7,9-12,16,20H,5,8,13-14,25H2,(H,26,28,29);3*1H. The second-order valence-electron chi connectivity index (χ2n) is 7.76. The van der Waals surface area contributed by atoms with Gasteiger partial charge in [-0.05, 0) is 48.6 Å². The van der Waals surface area contributed by atoms with Crippen LogP contribution < -0.4 is 10.6 Å². The third-order valence-corrected chi connectivity index (χ3v) is 5.87. The fourth-order valence-corrected chi connectivity index (χ4v) is 4.27. The molecule has 0 radical (unpaired) electrons. The quantitative estimate of drug-likeness (QED) is 0.506. The van der Waals surface area contributed by atoms with Crippen LogP contribution in [0.4, 0.5) is 10.2 Å². The number of hydrogen-bond acceptors (Lipinski definition) is 5. The fraction of sp³-hybridized carbons (Fsp3) is 0.261. The summed E-state index contributed by atoms with van der Waals surface area (Å²) in [5.41, 5.74) is 9.08. The van der Waals surface area contributed by atoms with Crippen molar-refractivity contribution in [1.29, 1.82) is 0 Å². The number of hydrogen-bond donors (Lipinski definition) is 2. The second-order valence-corrected chi connectivity index (χ2v) is 7.76. The van der Waals surface area contributed by atoms with Crippen LogP contribution in [0.3, 0.4) is 0 Å². The van der Waals surface area contributed by atoms with Crippen molar-refractivity contribution in [3.05, 3.63) is 72.2 Å². The molecule has 0 saturated carbocycles. The minimum atomic E-state index is -0.386. The number of aromatic nitrogens is 4. The maximum atomic E-state index is 14.7. The van der Waals surface area contributed by atoms with Crippen LogP contribution in [0, 0.1) is 11.7 Å². The van der Waals surface area contributed by atoms with E-state index in [1.54, 1.807) is 12.3 Å². The third-order valence-electron chi connectivity index (χ3n) is 5.87. The van der Waals surface area contributed by atoms with Gasteiger partial charge in [-0.3, -0.25) is 5.10 Å². The minimum Gasteiger partial charge on any atom is -0.356 e. The Morgan fingerprint density at radius 1 is 1.13 bits per heavy atom. The summed E-state index contributed by atoms with van der Waals surface area (Å²) in [7, 11) is 0. The second kappa shape index (κ2) is 7.84. The summed E-state index contributed by atoms with van der Waals surface area (Å²) in [6, 6.07) is 17.1. The number of fused-ring (bicyclic) bond motifs is 1. The van der Waals surface area contributed by atoms with Crippen LogP contribution in [0.15, 0.2) is 60.8 Å². The molecule has 30 heavy (non-hydrogen) atoms. The van der Waals surface area contributed by atoms with E-state index in [1.807, 2.05) is 30.3 Å². The molecular formula is C23H29FN6. The van der Waals surface area contributed by atoms with Crippen LogP contribution >= 0.6 is 0 Å². The van der Waals surface area contributed by atoms with Crippen molar-refractivity contribution in [2.75, 3.05) is 18.0 Å². The number of aromatic amines is 1. The van der Waals surface area contributed by atoms with Gasteiger partial charge in [-0.2, -0.15) is 5.10 Å². The third kappa shape index (κ3) is 3.41. The molecule has 5 rings (SSSR count). The van der Waals surface area contributed by atoms with Crippen LogP contribution in [-0.2, 0) is 0 Å². The van der Waals surface area contributed by atoms with Crippen LogP contribution in [-0.4, -0.2) is 33.3 Å². The van der Waals surface area contributed by atoms with Crippen molar-refractivity contribution in [2.45, 2.75) is 18.9 Å². The number of pyridine rings is 2. The summed E-state index contributed by atoms with van der Waals surface area (Å²) in [5.74, 6) is 0.680. The molecule has 0 aliphatic carbocycles. The molecule has 3 aromatic heterocycles. The zero-order valence-electron chi connectivity index (χ0n) is 16.5. The first-order valence-electron chi connectivity index (χ1n) is 10.2. The van der Waals surface area contributed by atoms with E-state index in [9.17, 15) is 4.39 Å². The summed E-state index contributed by atoms with van der Waals surface area (Å²) < 4.78 is 14.7. The first-order chi connectivity index (χ1) is 14.7. The van der Waals surface area contributed by atoms with Gasteiger partial charge in [0, 0.05) is 35.0 Å². The van der Waals surface area contributed by atoms with Gasteiger partial charge in [0.25, 0.3) is 0 Å². The smallest absolute Gasteiger partial charge is 0.181 e. The number of H-pyrrole nitrogens is 1. The summed E-state index contributed by atoms with van der Waals surface area (Å²) in [4.78, 5) is 11.1. The topological polar surface area (TPSA) is 83.7 Å². The highest BCUT2D eigenvalue weighted by Crippen LogP contribution is 2.32. The number of benzene rings is 1. The average molecular weight is 409 g/mol. The van der Waals surface area contributed by atoms with Crippen molar-refractivity contribution in [3.8, 4) is 11.4 Å². The van der Waals surface area contributed by atoms with E-state index in [-0.39, 0.29) is 21.8 Å². The zero-order valence-corrected chi connectivity index (χ0v) is 16.5. The Kier molecular flexibility index (Phi) is 4.88. The fourth-order valence-electron chi connectivity index (χ4n) is 4.27. The minimum absolute atomic E-state index is 0. The van der Waals surface area contributed by atoms with Gasteiger partial charge in [0.15, 0.2) is 11.5 Å². The van der Waals surface area contributed by atoms with Crippen molar-refractivity contribution < 1.29 is 8.67 Å². The zero-order chi connectivity index (χ0) is 20.5. The summed E-state index contributed by atoms with van der Waals surface area (Å²) in [6.07, 6.45) is 3.75. The molecule has 0 spiro atoms. The van der Waals surface area contributed by atoms with Gasteiger partial charge >= 0.3 is 0 Å². The Balaban J connectivity index is 0.00000128. The molecule has 3 N–H and O–H groups in total. The van der Waals surface area contributed by atoms with Crippen LogP contribution in [0.2, 0.25) is 0 Å².